The van der Waals surface area contributed by atoms with Crippen LogP contribution in [0.5, 0.6) is 0 Å². The van der Waals surface area contributed by atoms with Gasteiger partial charge in [0.25, 0.3) is 0 Å². The van der Waals surface area contributed by atoms with Gasteiger partial charge in [-0.1, -0.05) is 31.0 Å². The first-order chi connectivity index (χ1) is 11.9. The minimum atomic E-state index is -3.36. The second-order valence-corrected chi connectivity index (χ2v) is 9.50. The van der Waals surface area contributed by atoms with Gasteiger partial charge in [-0.2, -0.15) is 4.31 Å². The smallest absolute Gasteiger partial charge is 0.243 e. The molecule has 6 heteroatoms. The fourth-order valence-electron chi connectivity index (χ4n) is 4.15. The highest BCUT2D eigenvalue weighted by atomic mass is 32.2. The van der Waals surface area contributed by atoms with Gasteiger partial charge in [-0.15, -0.1) is 0 Å². The van der Waals surface area contributed by atoms with Crippen molar-refractivity contribution in [3.05, 3.63) is 29.8 Å². The first kappa shape index (κ1) is 18.8. The number of aryl methyl sites for hydroxylation is 1. The molecule has 2 atom stereocenters. The van der Waals surface area contributed by atoms with Crippen LogP contribution in [-0.2, 0) is 10.0 Å². The zero-order valence-electron chi connectivity index (χ0n) is 15.4. The molecule has 3 rings (SSSR count). The van der Waals surface area contributed by atoms with E-state index in [4.69, 9.17) is 5.73 Å². The van der Waals surface area contributed by atoms with Crippen LogP contribution in [0.15, 0.2) is 29.2 Å². The second-order valence-electron chi connectivity index (χ2n) is 7.56. The Bertz CT molecular complexity index is 666. The maximum absolute atomic E-state index is 12.8. The minimum Gasteiger partial charge on any atom is -0.327 e. The number of hydrogen-bond acceptors (Lipinski definition) is 4. The van der Waals surface area contributed by atoms with E-state index in [2.05, 4.69) is 11.8 Å². The highest BCUT2D eigenvalue weighted by Gasteiger charge is 2.34. The summed E-state index contributed by atoms with van der Waals surface area (Å²) in [6.07, 6.45) is 4.01. The Balaban J connectivity index is 1.61. The van der Waals surface area contributed by atoms with Gasteiger partial charge < -0.3 is 5.73 Å². The second kappa shape index (κ2) is 7.74. The van der Waals surface area contributed by atoms with E-state index in [9.17, 15) is 8.42 Å². The number of hydrogen-bond donors (Lipinski definition) is 1. The SMILES string of the molecule is CC[C@H]1CN(C2CCN(S(=O)(=O)c3ccc(C)cc3)CC2)CC[C@@H]1N. The van der Waals surface area contributed by atoms with Crippen molar-refractivity contribution in [2.24, 2.45) is 11.7 Å². The summed E-state index contributed by atoms with van der Waals surface area (Å²) in [5.74, 6) is 0.572. The summed E-state index contributed by atoms with van der Waals surface area (Å²) in [5, 5.41) is 0. The van der Waals surface area contributed by atoms with Crippen molar-refractivity contribution in [1.82, 2.24) is 9.21 Å². The lowest BCUT2D eigenvalue weighted by atomic mass is 9.88. The van der Waals surface area contributed by atoms with E-state index in [-0.39, 0.29) is 0 Å². The molecule has 0 saturated carbocycles. The van der Waals surface area contributed by atoms with Crippen molar-refractivity contribution in [3.63, 3.8) is 0 Å². The summed E-state index contributed by atoms with van der Waals surface area (Å²) < 4.78 is 27.3. The number of sulfonamides is 1. The highest BCUT2D eigenvalue weighted by Crippen LogP contribution is 2.27. The zero-order valence-corrected chi connectivity index (χ0v) is 16.2. The third kappa shape index (κ3) is 4.08. The first-order valence-corrected chi connectivity index (χ1v) is 10.9. The molecular formula is C19H31N3O2S. The molecule has 5 nitrogen and oxygen atoms in total. The molecule has 25 heavy (non-hydrogen) atoms. The standard InChI is InChI=1S/C19H31N3O2S/c1-3-16-14-21(11-10-19(16)20)17-8-12-22(13-9-17)25(23,24)18-6-4-15(2)5-7-18/h4-7,16-17,19H,3,8-14,20H2,1-2H3/t16-,19-/m0/s1. The molecule has 0 aliphatic carbocycles. The molecular weight excluding hydrogens is 334 g/mol. The molecule has 0 aromatic heterocycles. The van der Waals surface area contributed by atoms with Gasteiger partial charge in [0.1, 0.15) is 0 Å². The van der Waals surface area contributed by atoms with E-state index in [0.29, 0.717) is 36.0 Å². The number of likely N-dealkylation sites (tertiary alicyclic amines) is 1. The number of nitrogens with two attached hydrogens (primary N) is 1. The van der Waals surface area contributed by atoms with Crippen molar-refractivity contribution >= 4 is 10.0 Å². The monoisotopic (exact) mass is 365 g/mol. The van der Waals surface area contributed by atoms with Gasteiger partial charge in [-0.25, -0.2) is 8.42 Å². The van der Waals surface area contributed by atoms with Crippen LogP contribution >= 0.6 is 0 Å². The molecule has 2 heterocycles. The maximum Gasteiger partial charge on any atom is 0.243 e. The number of benzene rings is 1. The molecule has 1 aromatic carbocycles. The largest absolute Gasteiger partial charge is 0.327 e. The van der Waals surface area contributed by atoms with Crippen LogP contribution in [0.25, 0.3) is 0 Å². The molecule has 0 bridgehead atoms. The average molecular weight is 366 g/mol. The summed E-state index contributed by atoms with van der Waals surface area (Å²) in [5.41, 5.74) is 7.30. The lowest BCUT2D eigenvalue weighted by molar-refractivity contribution is 0.0781. The van der Waals surface area contributed by atoms with Crippen LogP contribution in [0.3, 0.4) is 0 Å². The van der Waals surface area contributed by atoms with Crippen molar-refractivity contribution in [1.29, 1.82) is 0 Å². The normalized spacial score (nSPS) is 27.5. The van der Waals surface area contributed by atoms with Crippen molar-refractivity contribution in [3.8, 4) is 0 Å². The highest BCUT2D eigenvalue weighted by molar-refractivity contribution is 7.89. The predicted octanol–water partition coefficient (Wildman–Crippen LogP) is 2.21. The zero-order chi connectivity index (χ0) is 18.0. The third-order valence-electron chi connectivity index (χ3n) is 5.95. The fraction of sp³-hybridized carbons (Fsp3) is 0.684. The van der Waals surface area contributed by atoms with Gasteiger partial charge in [-0.3, -0.25) is 4.90 Å². The lowest BCUT2D eigenvalue weighted by Gasteiger charge is -2.43. The fourth-order valence-corrected chi connectivity index (χ4v) is 5.62. The van der Waals surface area contributed by atoms with Gasteiger partial charge in [0.15, 0.2) is 0 Å². The van der Waals surface area contributed by atoms with E-state index in [0.717, 1.165) is 44.3 Å². The van der Waals surface area contributed by atoms with E-state index >= 15 is 0 Å². The van der Waals surface area contributed by atoms with Crippen LogP contribution in [-0.4, -0.2) is 55.9 Å². The Labute approximate surface area is 152 Å². The van der Waals surface area contributed by atoms with Crippen molar-refractivity contribution in [2.45, 2.75) is 56.5 Å². The number of rotatable bonds is 4. The lowest BCUT2D eigenvalue weighted by Crippen LogP contribution is -2.53. The van der Waals surface area contributed by atoms with Gasteiger partial charge in [0.05, 0.1) is 4.90 Å². The summed E-state index contributed by atoms with van der Waals surface area (Å²) in [6.45, 7) is 7.52. The van der Waals surface area contributed by atoms with Crippen LogP contribution in [0.1, 0.15) is 38.2 Å². The molecule has 2 aliphatic rings. The van der Waals surface area contributed by atoms with E-state index < -0.39 is 10.0 Å². The summed E-state index contributed by atoms with van der Waals surface area (Å²) in [6, 6.07) is 7.97. The van der Waals surface area contributed by atoms with Gasteiger partial charge in [-0.05, 0) is 50.8 Å². The van der Waals surface area contributed by atoms with E-state index in [1.165, 1.54) is 0 Å². The molecule has 140 valence electrons. The van der Waals surface area contributed by atoms with Gasteiger partial charge in [0, 0.05) is 31.7 Å². The summed E-state index contributed by atoms with van der Waals surface area (Å²) in [7, 11) is -3.36. The number of nitrogens with zero attached hydrogens (tertiary/aromatic N) is 2. The Morgan fingerprint density at radius 2 is 1.72 bits per heavy atom. The summed E-state index contributed by atoms with van der Waals surface area (Å²) in [4.78, 5) is 2.96. The van der Waals surface area contributed by atoms with Crippen molar-refractivity contribution < 1.29 is 8.42 Å². The average Bonchev–Trinajstić information content (AvgIpc) is 2.62. The topological polar surface area (TPSA) is 66.6 Å². The van der Waals surface area contributed by atoms with Crippen LogP contribution in [0, 0.1) is 12.8 Å². The Morgan fingerprint density at radius 3 is 2.32 bits per heavy atom. The molecule has 0 unspecified atom stereocenters. The summed E-state index contributed by atoms with van der Waals surface area (Å²) >= 11 is 0. The molecule has 1 aromatic rings. The number of piperidine rings is 2. The molecule has 0 spiro atoms. The minimum absolute atomic E-state index is 0.322. The van der Waals surface area contributed by atoms with Gasteiger partial charge in [0.2, 0.25) is 10.0 Å². The molecule has 0 radical (unpaired) electrons. The molecule has 2 fully saturated rings. The predicted molar refractivity (Wildman–Crippen MR) is 101 cm³/mol. The molecule has 2 saturated heterocycles. The van der Waals surface area contributed by atoms with Crippen molar-refractivity contribution in [2.75, 3.05) is 26.2 Å². The van der Waals surface area contributed by atoms with Crippen LogP contribution in [0.4, 0.5) is 0 Å². The maximum atomic E-state index is 12.8. The Morgan fingerprint density at radius 1 is 1.08 bits per heavy atom. The van der Waals surface area contributed by atoms with Crippen LogP contribution < -0.4 is 5.73 Å². The first-order valence-electron chi connectivity index (χ1n) is 9.48. The van der Waals surface area contributed by atoms with E-state index in [1.54, 1.807) is 16.4 Å². The molecule has 2 aliphatic heterocycles. The van der Waals surface area contributed by atoms with Gasteiger partial charge >= 0.3 is 0 Å². The Kier molecular flexibility index (Phi) is 5.83. The molecule has 2 N–H and O–H groups in total. The molecule has 0 amide bonds. The van der Waals surface area contributed by atoms with E-state index in [1.807, 2.05) is 19.1 Å². The Hall–Kier alpha value is -0.950. The quantitative estimate of drug-likeness (QED) is 0.888. The van der Waals surface area contributed by atoms with Crippen LogP contribution in [0.2, 0.25) is 0 Å². The third-order valence-corrected chi connectivity index (χ3v) is 7.86.